The van der Waals surface area contributed by atoms with Gasteiger partial charge in [-0.3, -0.25) is 9.59 Å². The van der Waals surface area contributed by atoms with Crippen molar-refractivity contribution in [1.29, 1.82) is 0 Å². The molecule has 1 heterocycles. The monoisotopic (exact) mass is 275 g/mol. The van der Waals surface area contributed by atoms with Gasteiger partial charge in [-0.1, -0.05) is 32.1 Å². The second-order valence-corrected chi connectivity index (χ2v) is 6.09. The van der Waals surface area contributed by atoms with Crippen molar-refractivity contribution < 1.29 is 9.59 Å². The van der Waals surface area contributed by atoms with Crippen LogP contribution in [0.25, 0.3) is 0 Å². The molecule has 2 aliphatic rings. The number of likely N-dealkylation sites (tertiary alicyclic amines) is 1. The predicted molar refractivity (Wildman–Crippen MR) is 80.2 cm³/mol. The highest BCUT2D eigenvalue weighted by Gasteiger charge is 2.26. The Morgan fingerprint density at radius 3 is 2.60 bits per heavy atom. The number of rotatable bonds is 4. The summed E-state index contributed by atoms with van der Waals surface area (Å²) in [6, 6.07) is 0. The van der Waals surface area contributed by atoms with E-state index in [4.69, 9.17) is 0 Å². The number of hydrogen-bond donors (Lipinski definition) is 0. The molecule has 3 nitrogen and oxygen atoms in total. The van der Waals surface area contributed by atoms with Gasteiger partial charge in [-0.2, -0.15) is 0 Å². The summed E-state index contributed by atoms with van der Waals surface area (Å²) in [5.41, 5.74) is 0.933. The van der Waals surface area contributed by atoms with Crippen molar-refractivity contribution in [2.45, 2.75) is 46.0 Å². The van der Waals surface area contributed by atoms with Crippen molar-refractivity contribution in [1.82, 2.24) is 4.90 Å². The highest BCUT2D eigenvalue weighted by atomic mass is 16.2. The maximum atomic E-state index is 12.4. The molecule has 0 aromatic rings. The number of carbonyl (C=O) groups excluding carboxylic acids is 2. The number of allylic oxidation sites excluding steroid dienone is 3. The van der Waals surface area contributed by atoms with Gasteiger partial charge in [0.2, 0.25) is 5.91 Å². The lowest BCUT2D eigenvalue weighted by atomic mass is 9.90. The van der Waals surface area contributed by atoms with Crippen LogP contribution in [-0.2, 0) is 9.59 Å². The Labute approximate surface area is 121 Å². The van der Waals surface area contributed by atoms with Crippen LogP contribution in [0.1, 0.15) is 46.0 Å². The lowest BCUT2D eigenvalue weighted by molar-refractivity contribution is -0.128. The number of hydrogen-bond acceptors (Lipinski definition) is 2. The first-order chi connectivity index (χ1) is 9.60. The number of carbonyl (C=O) groups is 2. The minimum atomic E-state index is 0.196. The fraction of sp³-hybridized carbons (Fsp3) is 0.647. The Morgan fingerprint density at radius 1 is 1.30 bits per heavy atom. The third-order valence-corrected chi connectivity index (χ3v) is 4.37. The van der Waals surface area contributed by atoms with E-state index in [-0.39, 0.29) is 5.91 Å². The molecule has 1 fully saturated rings. The third-order valence-electron chi connectivity index (χ3n) is 4.37. The van der Waals surface area contributed by atoms with Crippen molar-refractivity contribution in [2.24, 2.45) is 11.8 Å². The number of nitrogens with zero attached hydrogens (tertiary/aromatic N) is 1. The van der Waals surface area contributed by atoms with E-state index in [0.717, 1.165) is 37.9 Å². The molecule has 1 aliphatic heterocycles. The summed E-state index contributed by atoms with van der Waals surface area (Å²) in [6.07, 6.45) is 10.2. The molecule has 0 aromatic heterocycles. The lowest BCUT2D eigenvalue weighted by Crippen LogP contribution is -2.40. The second-order valence-electron chi connectivity index (χ2n) is 6.09. The average Bonchev–Trinajstić information content (AvgIpc) is 2.47. The Hall–Kier alpha value is -1.38. The van der Waals surface area contributed by atoms with E-state index in [9.17, 15) is 9.59 Å². The summed E-state index contributed by atoms with van der Waals surface area (Å²) in [5.74, 6) is 1.48. The average molecular weight is 275 g/mol. The topological polar surface area (TPSA) is 37.4 Å². The molecule has 1 unspecified atom stereocenters. The van der Waals surface area contributed by atoms with Gasteiger partial charge < -0.3 is 4.90 Å². The van der Waals surface area contributed by atoms with E-state index in [1.165, 1.54) is 0 Å². The number of piperidine rings is 1. The van der Waals surface area contributed by atoms with Crippen LogP contribution < -0.4 is 0 Å². The Morgan fingerprint density at radius 2 is 2.00 bits per heavy atom. The van der Waals surface area contributed by atoms with Gasteiger partial charge in [0.1, 0.15) is 5.78 Å². The Balaban J connectivity index is 1.84. The van der Waals surface area contributed by atoms with E-state index >= 15 is 0 Å². The van der Waals surface area contributed by atoms with E-state index < -0.39 is 0 Å². The molecule has 1 aliphatic carbocycles. The van der Waals surface area contributed by atoms with Gasteiger partial charge >= 0.3 is 0 Å². The second kappa shape index (κ2) is 6.87. The largest absolute Gasteiger partial charge is 0.339 e. The summed E-state index contributed by atoms with van der Waals surface area (Å²) in [7, 11) is 0. The van der Waals surface area contributed by atoms with Gasteiger partial charge in [0.15, 0.2) is 0 Å². The molecule has 0 spiro atoms. The minimum absolute atomic E-state index is 0.196. The van der Waals surface area contributed by atoms with Crippen LogP contribution in [0.4, 0.5) is 0 Å². The van der Waals surface area contributed by atoms with Crippen molar-refractivity contribution >= 4 is 11.7 Å². The van der Waals surface area contributed by atoms with Crippen LogP contribution in [0.3, 0.4) is 0 Å². The molecule has 1 amide bonds. The molecule has 1 atom stereocenters. The van der Waals surface area contributed by atoms with E-state index in [1.807, 2.05) is 24.0 Å². The molecule has 3 heteroatoms. The van der Waals surface area contributed by atoms with Crippen molar-refractivity contribution in [2.75, 3.05) is 13.1 Å². The van der Waals surface area contributed by atoms with Crippen LogP contribution in [0, 0.1) is 11.8 Å². The van der Waals surface area contributed by atoms with Gasteiger partial charge in [0.25, 0.3) is 0 Å². The van der Waals surface area contributed by atoms with Crippen LogP contribution >= 0.6 is 0 Å². The number of ketones is 1. The fourth-order valence-corrected chi connectivity index (χ4v) is 3.01. The zero-order chi connectivity index (χ0) is 14.5. The molecular formula is C17H25NO2. The normalized spacial score (nSPS) is 23.6. The Kier molecular flexibility index (Phi) is 5.16. The first kappa shape index (κ1) is 15.0. The summed E-state index contributed by atoms with van der Waals surface area (Å²) in [4.78, 5) is 25.9. The summed E-state index contributed by atoms with van der Waals surface area (Å²) in [5, 5.41) is 0. The molecule has 1 saturated heterocycles. The molecular weight excluding hydrogens is 250 g/mol. The first-order valence-electron chi connectivity index (χ1n) is 7.78. The van der Waals surface area contributed by atoms with Crippen molar-refractivity contribution in [3.8, 4) is 0 Å². The van der Waals surface area contributed by atoms with Gasteiger partial charge in [-0.05, 0) is 31.1 Å². The molecule has 0 bridgehead atoms. The maximum absolute atomic E-state index is 12.4. The molecule has 0 saturated carbocycles. The highest BCUT2D eigenvalue weighted by molar-refractivity contribution is 5.94. The first-order valence-corrected chi connectivity index (χ1v) is 7.78. The number of Topliss-reactive ketones (excluding diaryl/α,β-unsaturated/α-hetero) is 1. The fourth-order valence-electron chi connectivity index (χ4n) is 3.01. The zero-order valence-electron chi connectivity index (χ0n) is 12.6. The van der Waals surface area contributed by atoms with Gasteiger partial charge in [-0.25, -0.2) is 0 Å². The highest BCUT2D eigenvalue weighted by Crippen LogP contribution is 2.25. The predicted octanol–water partition coefficient (Wildman–Crippen LogP) is 3.12. The quantitative estimate of drug-likeness (QED) is 0.790. The van der Waals surface area contributed by atoms with Gasteiger partial charge in [0, 0.05) is 31.5 Å². The smallest absolute Gasteiger partial charge is 0.249 e. The van der Waals surface area contributed by atoms with Crippen LogP contribution in [-0.4, -0.2) is 29.7 Å². The molecule has 2 rings (SSSR count). The molecule has 110 valence electrons. The molecule has 0 radical (unpaired) electrons. The van der Waals surface area contributed by atoms with Crippen molar-refractivity contribution in [3.05, 3.63) is 23.8 Å². The molecule has 0 N–H and O–H groups in total. The SMILES string of the molecule is CCC(=O)CC1CCN(C(=O)C2=CC=CC(C)C2)CC1. The van der Waals surface area contributed by atoms with Gasteiger partial charge in [-0.15, -0.1) is 0 Å². The third kappa shape index (κ3) is 3.81. The number of amides is 1. The van der Waals surface area contributed by atoms with Crippen molar-refractivity contribution in [3.63, 3.8) is 0 Å². The molecule has 0 aromatic carbocycles. The minimum Gasteiger partial charge on any atom is -0.339 e. The van der Waals surface area contributed by atoms with Crippen LogP contribution in [0.2, 0.25) is 0 Å². The summed E-state index contributed by atoms with van der Waals surface area (Å²) >= 11 is 0. The summed E-state index contributed by atoms with van der Waals surface area (Å²) in [6.45, 7) is 5.66. The Bertz CT molecular complexity index is 428. The maximum Gasteiger partial charge on any atom is 0.249 e. The van der Waals surface area contributed by atoms with Crippen LogP contribution in [0.5, 0.6) is 0 Å². The summed E-state index contributed by atoms with van der Waals surface area (Å²) < 4.78 is 0. The molecule has 20 heavy (non-hydrogen) atoms. The van der Waals surface area contributed by atoms with E-state index in [2.05, 4.69) is 13.0 Å². The standard InChI is InChI=1S/C17H25NO2/c1-3-16(19)12-14-7-9-18(10-8-14)17(20)15-6-4-5-13(2)11-15/h4-6,13-14H,3,7-12H2,1-2H3. The van der Waals surface area contributed by atoms with E-state index in [0.29, 0.717) is 30.5 Å². The van der Waals surface area contributed by atoms with Gasteiger partial charge in [0.05, 0.1) is 0 Å². The lowest BCUT2D eigenvalue weighted by Gasteiger charge is -2.33. The van der Waals surface area contributed by atoms with Crippen LogP contribution in [0.15, 0.2) is 23.8 Å². The zero-order valence-corrected chi connectivity index (χ0v) is 12.6. The van der Waals surface area contributed by atoms with E-state index in [1.54, 1.807) is 0 Å².